The van der Waals surface area contributed by atoms with Gasteiger partial charge >= 0.3 is 0 Å². The summed E-state index contributed by atoms with van der Waals surface area (Å²) < 4.78 is 5.77. The molecule has 1 unspecified atom stereocenters. The molecule has 1 heterocycles. The number of hydrogen-bond acceptors (Lipinski definition) is 3. The molecule has 1 aliphatic heterocycles. The maximum absolute atomic E-state index is 5.77. The lowest BCUT2D eigenvalue weighted by atomic mass is 9.88. The highest BCUT2D eigenvalue weighted by Crippen LogP contribution is 2.40. The van der Waals surface area contributed by atoms with Gasteiger partial charge < -0.3 is 10.1 Å². The first-order valence-corrected chi connectivity index (χ1v) is 9.86. The van der Waals surface area contributed by atoms with E-state index in [-0.39, 0.29) is 0 Å². The Kier molecular flexibility index (Phi) is 5.28. The van der Waals surface area contributed by atoms with Gasteiger partial charge in [-0.15, -0.1) is 0 Å². The van der Waals surface area contributed by atoms with E-state index >= 15 is 0 Å². The zero-order valence-corrected chi connectivity index (χ0v) is 15.8. The molecule has 1 N–H and O–H groups in total. The highest BCUT2D eigenvalue weighted by Gasteiger charge is 2.22. The first-order chi connectivity index (χ1) is 12.8. The zero-order chi connectivity index (χ0) is 17.8. The first-order valence-electron chi connectivity index (χ1n) is 9.04. The van der Waals surface area contributed by atoms with Crippen LogP contribution in [0.2, 0.25) is 0 Å². The van der Waals surface area contributed by atoms with Crippen LogP contribution in [-0.2, 0) is 6.42 Å². The molecule has 0 saturated heterocycles. The number of nitrogens with one attached hydrogen (secondary N) is 1. The van der Waals surface area contributed by atoms with Crippen molar-refractivity contribution in [1.29, 1.82) is 0 Å². The fourth-order valence-corrected chi connectivity index (χ4v) is 4.57. The van der Waals surface area contributed by atoms with Crippen LogP contribution in [0.15, 0.2) is 82.6 Å². The van der Waals surface area contributed by atoms with Crippen LogP contribution < -0.4 is 10.1 Å². The van der Waals surface area contributed by atoms with Crippen molar-refractivity contribution >= 4 is 11.8 Å². The Morgan fingerprint density at radius 2 is 1.69 bits per heavy atom. The van der Waals surface area contributed by atoms with Crippen molar-refractivity contribution in [2.45, 2.75) is 22.1 Å². The number of fused-ring (bicyclic) bond motifs is 1. The maximum atomic E-state index is 5.77. The van der Waals surface area contributed by atoms with Crippen LogP contribution >= 0.6 is 11.8 Å². The summed E-state index contributed by atoms with van der Waals surface area (Å²) in [6, 6.07) is 25.8. The molecule has 0 bridgehead atoms. The monoisotopic (exact) mass is 361 g/mol. The Balaban J connectivity index is 1.76. The highest BCUT2D eigenvalue weighted by atomic mass is 32.2. The van der Waals surface area contributed by atoms with Gasteiger partial charge in [-0.05, 0) is 53.9 Å². The van der Waals surface area contributed by atoms with Gasteiger partial charge in [0.15, 0.2) is 0 Å². The van der Waals surface area contributed by atoms with Crippen molar-refractivity contribution in [2.24, 2.45) is 0 Å². The van der Waals surface area contributed by atoms with Gasteiger partial charge in [-0.2, -0.15) is 0 Å². The van der Waals surface area contributed by atoms with Gasteiger partial charge in [0.25, 0.3) is 0 Å². The van der Waals surface area contributed by atoms with Crippen molar-refractivity contribution in [3.8, 4) is 5.75 Å². The van der Waals surface area contributed by atoms with Crippen molar-refractivity contribution in [3.63, 3.8) is 0 Å². The number of ether oxygens (including phenoxy) is 1. The molecule has 3 aromatic rings. The van der Waals surface area contributed by atoms with Crippen LogP contribution in [0.5, 0.6) is 5.75 Å². The van der Waals surface area contributed by atoms with Gasteiger partial charge in [-0.3, -0.25) is 0 Å². The average molecular weight is 362 g/mol. The molecule has 0 radical (unpaired) electrons. The predicted molar refractivity (Wildman–Crippen MR) is 108 cm³/mol. The summed E-state index contributed by atoms with van der Waals surface area (Å²) in [6.45, 7) is 1.98. The van der Waals surface area contributed by atoms with Crippen molar-refractivity contribution in [2.75, 3.05) is 20.2 Å². The number of benzene rings is 3. The van der Waals surface area contributed by atoms with E-state index in [1.807, 2.05) is 0 Å². The molecule has 0 aromatic heterocycles. The lowest BCUT2D eigenvalue weighted by Crippen LogP contribution is -2.20. The molecule has 2 nitrogen and oxygen atoms in total. The van der Waals surface area contributed by atoms with Gasteiger partial charge in [0.2, 0.25) is 0 Å². The minimum absolute atomic E-state index is 0.360. The summed E-state index contributed by atoms with van der Waals surface area (Å²) in [5.41, 5.74) is 4.16. The number of methoxy groups -OCH3 is 1. The molecular weight excluding hydrogens is 338 g/mol. The molecule has 0 spiro atoms. The van der Waals surface area contributed by atoms with Crippen molar-refractivity contribution in [1.82, 2.24) is 5.32 Å². The van der Waals surface area contributed by atoms with Crippen LogP contribution in [-0.4, -0.2) is 20.2 Å². The third-order valence-electron chi connectivity index (χ3n) is 4.89. The molecule has 0 aliphatic carbocycles. The lowest BCUT2D eigenvalue weighted by Gasteiger charge is -2.20. The standard InChI is InChI=1S/C23H23NOS/c1-25-22-15-20-18(14-23(22)26-19-10-6-3-7-11-19)12-13-24-16-21(20)17-8-4-2-5-9-17/h2-11,14-15,21,24H,12-13,16H2,1H3. The summed E-state index contributed by atoms with van der Waals surface area (Å²) in [6.07, 6.45) is 1.05. The molecule has 3 aromatic carbocycles. The van der Waals surface area contributed by atoms with Crippen LogP contribution in [0.25, 0.3) is 0 Å². The number of rotatable bonds is 4. The van der Waals surface area contributed by atoms with Gasteiger partial charge in [-0.25, -0.2) is 0 Å². The third-order valence-corrected chi connectivity index (χ3v) is 5.94. The molecule has 26 heavy (non-hydrogen) atoms. The lowest BCUT2D eigenvalue weighted by molar-refractivity contribution is 0.404. The van der Waals surface area contributed by atoms with E-state index in [1.165, 1.54) is 26.5 Å². The van der Waals surface area contributed by atoms with E-state index in [9.17, 15) is 0 Å². The molecular formula is C23H23NOS. The molecule has 0 amide bonds. The van der Waals surface area contributed by atoms with Crippen molar-refractivity contribution in [3.05, 3.63) is 89.5 Å². The third kappa shape index (κ3) is 3.64. The summed E-state index contributed by atoms with van der Waals surface area (Å²) in [4.78, 5) is 2.42. The maximum Gasteiger partial charge on any atom is 0.133 e. The largest absolute Gasteiger partial charge is 0.496 e. The SMILES string of the molecule is COc1cc2c(cc1Sc1ccccc1)CCNCC2c1ccccc1. The van der Waals surface area contributed by atoms with E-state index < -0.39 is 0 Å². The van der Waals surface area contributed by atoms with Crippen LogP contribution in [0.1, 0.15) is 22.6 Å². The minimum Gasteiger partial charge on any atom is -0.496 e. The molecule has 132 valence electrons. The van der Waals surface area contributed by atoms with Crippen molar-refractivity contribution < 1.29 is 4.74 Å². The Morgan fingerprint density at radius 3 is 2.42 bits per heavy atom. The van der Waals surface area contributed by atoms with E-state index in [1.54, 1.807) is 18.9 Å². The van der Waals surface area contributed by atoms with Crippen LogP contribution in [0, 0.1) is 0 Å². The predicted octanol–water partition coefficient (Wildman–Crippen LogP) is 5.12. The van der Waals surface area contributed by atoms with Gasteiger partial charge in [0, 0.05) is 17.4 Å². The van der Waals surface area contributed by atoms with Crippen LogP contribution in [0.4, 0.5) is 0 Å². The van der Waals surface area contributed by atoms with Crippen LogP contribution in [0.3, 0.4) is 0 Å². The highest BCUT2D eigenvalue weighted by molar-refractivity contribution is 7.99. The summed E-state index contributed by atoms with van der Waals surface area (Å²) in [7, 11) is 1.77. The summed E-state index contributed by atoms with van der Waals surface area (Å²) in [5.74, 6) is 1.32. The number of hydrogen-bond donors (Lipinski definition) is 1. The van der Waals surface area contributed by atoms with Gasteiger partial charge in [0.1, 0.15) is 5.75 Å². The van der Waals surface area contributed by atoms with E-state index in [2.05, 4.69) is 78.1 Å². The summed E-state index contributed by atoms with van der Waals surface area (Å²) in [5, 5.41) is 3.60. The van der Waals surface area contributed by atoms with E-state index in [0.29, 0.717) is 5.92 Å². The second kappa shape index (κ2) is 7.98. The minimum atomic E-state index is 0.360. The topological polar surface area (TPSA) is 21.3 Å². The zero-order valence-electron chi connectivity index (χ0n) is 14.9. The van der Waals surface area contributed by atoms with E-state index in [0.717, 1.165) is 25.3 Å². The Labute approximate surface area is 159 Å². The Bertz CT molecular complexity index is 864. The first kappa shape index (κ1) is 17.2. The molecule has 4 rings (SSSR count). The second-order valence-electron chi connectivity index (χ2n) is 6.53. The average Bonchev–Trinajstić information content (AvgIpc) is 2.91. The smallest absolute Gasteiger partial charge is 0.133 e. The second-order valence-corrected chi connectivity index (χ2v) is 7.65. The molecule has 0 fully saturated rings. The van der Waals surface area contributed by atoms with Gasteiger partial charge in [0.05, 0.1) is 12.0 Å². The quantitative estimate of drug-likeness (QED) is 0.696. The molecule has 1 atom stereocenters. The summed E-state index contributed by atoms with van der Waals surface area (Å²) >= 11 is 1.77. The van der Waals surface area contributed by atoms with E-state index in [4.69, 9.17) is 4.74 Å². The Hall–Kier alpha value is -2.23. The molecule has 0 saturated carbocycles. The normalized spacial score (nSPS) is 16.6. The fourth-order valence-electron chi connectivity index (χ4n) is 3.58. The Morgan fingerprint density at radius 1 is 0.962 bits per heavy atom. The van der Waals surface area contributed by atoms with Gasteiger partial charge in [-0.1, -0.05) is 60.3 Å². The molecule has 3 heteroatoms. The fraction of sp³-hybridized carbons (Fsp3) is 0.217. The molecule has 1 aliphatic rings.